The van der Waals surface area contributed by atoms with E-state index in [-0.39, 0.29) is 28.8 Å². The third-order valence-electron chi connectivity index (χ3n) is 6.74. The third kappa shape index (κ3) is 3.17. The summed E-state index contributed by atoms with van der Waals surface area (Å²) in [5.74, 6) is -0.659. The van der Waals surface area contributed by atoms with Crippen LogP contribution >= 0.6 is 0 Å². The first-order valence-electron chi connectivity index (χ1n) is 10.8. The number of ketones is 1. The van der Waals surface area contributed by atoms with Crippen molar-refractivity contribution in [3.63, 3.8) is 0 Å². The van der Waals surface area contributed by atoms with E-state index in [9.17, 15) is 14.4 Å². The summed E-state index contributed by atoms with van der Waals surface area (Å²) in [6, 6.07) is 1.75. The van der Waals surface area contributed by atoms with Gasteiger partial charge in [0, 0.05) is 37.3 Å². The molecule has 3 aromatic heterocycles. The number of carbonyl (C=O) groups is 3. The van der Waals surface area contributed by atoms with E-state index in [0.717, 1.165) is 30.5 Å². The van der Waals surface area contributed by atoms with E-state index in [0.29, 0.717) is 36.1 Å². The van der Waals surface area contributed by atoms with E-state index >= 15 is 0 Å². The zero-order chi connectivity index (χ0) is 22.6. The van der Waals surface area contributed by atoms with Gasteiger partial charge in [-0.1, -0.05) is 0 Å². The first-order chi connectivity index (χ1) is 15.3. The van der Waals surface area contributed by atoms with Crippen molar-refractivity contribution in [1.82, 2.24) is 29.9 Å². The number of nitrogens with zero attached hydrogens (tertiary/aromatic N) is 5. The Bertz CT molecular complexity index is 1250. The van der Waals surface area contributed by atoms with Crippen LogP contribution in [-0.2, 0) is 6.42 Å². The van der Waals surface area contributed by atoms with Crippen LogP contribution in [0.1, 0.15) is 76.1 Å². The van der Waals surface area contributed by atoms with Crippen molar-refractivity contribution in [3.8, 4) is 0 Å². The molecule has 5 rings (SSSR count). The summed E-state index contributed by atoms with van der Waals surface area (Å²) < 4.78 is 1.82. The van der Waals surface area contributed by atoms with Gasteiger partial charge in [-0.3, -0.25) is 24.2 Å². The molecule has 10 nitrogen and oxygen atoms in total. The monoisotopic (exact) mass is 435 g/mol. The number of rotatable bonds is 3. The summed E-state index contributed by atoms with van der Waals surface area (Å²) in [4.78, 5) is 43.6. The number of likely N-dealkylation sites (tertiary alicyclic amines) is 1. The highest BCUT2D eigenvalue weighted by atomic mass is 16.2. The minimum Gasteiger partial charge on any atom is -0.364 e. The number of amides is 2. The minimum atomic E-state index is -0.652. The van der Waals surface area contributed by atoms with Crippen LogP contribution in [-0.4, -0.2) is 60.5 Å². The number of Topliss-reactive ketones (excluding diaryl/α,β-unsaturated/α-hetero) is 1. The molecule has 0 bridgehead atoms. The van der Waals surface area contributed by atoms with Crippen molar-refractivity contribution in [2.75, 3.05) is 13.1 Å². The number of H-pyrrole nitrogens is 1. The molecule has 0 aromatic carbocycles. The molecule has 0 saturated carbocycles. The predicted molar refractivity (Wildman–Crippen MR) is 115 cm³/mol. The zero-order valence-electron chi connectivity index (χ0n) is 18.1. The molecule has 0 radical (unpaired) electrons. The average molecular weight is 435 g/mol. The summed E-state index contributed by atoms with van der Waals surface area (Å²) in [6.07, 6.45) is 6.11. The Balaban J connectivity index is 1.33. The second kappa shape index (κ2) is 7.25. The van der Waals surface area contributed by atoms with Crippen molar-refractivity contribution in [1.29, 1.82) is 0 Å². The van der Waals surface area contributed by atoms with Gasteiger partial charge < -0.3 is 10.6 Å². The van der Waals surface area contributed by atoms with Gasteiger partial charge in [0.25, 0.3) is 11.8 Å². The maximum atomic E-state index is 13.1. The van der Waals surface area contributed by atoms with Crippen LogP contribution in [0, 0.1) is 5.41 Å². The number of carbonyl (C=O) groups excluding carboxylic acids is 3. The first-order valence-corrected chi connectivity index (χ1v) is 10.8. The molecule has 1 spiro atoms. The maximum absolute atomic E-state index is 13.1. The molecule has 3 aromatic rings. The van der Waals surface area contributed by atoms with Crippen molar-refractivity contribution in [2.24, 2.45) is 11.1 Å². The molecule has 32 heavy (non-hydrogen) atoms. The largest absolute Gasteiger partial charge is 0.364 e. The molecule has 3 N–H and O–H groups in total. The summed E-state index contributed by atoms with van der Waals surface area (Å²) in [6.45, 7) is 5.17. The number of hydrogen-bond acceptors (Lipinski definition) is 6. The van der Waals surface area contributed by atoms with E-state index in [1.807, 2.05) is 24.7 Å². The molecule has 1 fully saturated rings. The average Bonchev–Trinajstić information content (AvgIpc) is 3.37. The summed E-state index contributed by atoms with van der Waals surface area (Å²) in [5, 5.41) is 11.4. The molecule has 1 saturated heterocycles. The van der Waals surface area contributed by atoms with Crippen molar-refractivity contribution >= 4 is 28.6 Å². The van der Waals surface area contributed by atoms with Crippen LogP contribution in [0.15, 0.2) is 18.5 Å². The van der Waals surface area contributed by atoms with Crippen molar-refractivity contribution in [2.45, 2.75) is 45.6 Å². The normalized spacial score (nSPS) is 17.8. The smallest absolute Gasteiger partial charge is 0.267 e. The van der Waals surface area contributed by atoms with Gasteiger partial charge >= 0.3 is 0 Å². The van der Waals surface area contributed by atoms with Gasteiger partial charge in [-0.2, -0.15) is 10.2 Å². The number of aromatic amines is 1. The van der Waals surface area contributed by atoms with E-state index < -0.39 is 5.91 Å². The fraction of sp³-hybridized carbons (Fsp3) is 0.455. The molecular weight excluding hydrogens is 410 g/mol. The highest BCUT2D eigenvalue weighted by Gasteiger charge is 2.43. The Hall–Kier alpha value is -3.56. The maximum Gasteiger partial charge on any atom is 0.267 e. The number of pyridine rings is 1. The van der Waals surface area contributed by atoms with Gasteiger partial charge in [-0.15, -0.1) is 0 Å². The highest BCUT2D eigenvalue weighted by molar-refractivity contribution is 6.05. The molecule has 1 aliphatic heterocycles. The molecule has 10 heteroatoms. The standard InChI is InChI=1S/C22H25N7O3/c1-12(2)29-18-14(11-25-29)8-22(9-16(18)30)3-5-28(6-4-22)21(32)13-7-15-17(19(23)31)26-27-20(15)24-10-13/h7,10-12H,3-6,8-9H2,1-2H3,(H2,23,31)(H,24,26,27). The molecule has 2 amide bonds. The van der Waals surface area contributed by atoms with Gasteiger partial charge in [0.1, 0.15) is 11.4 Å². The van der Waals surface area contributed by atoms with Crippen molar-refractivity contribution in [3.05, 3.63) is 41.0 Å². The lowest BCUT2D eigenvalue weighted by Gasteiger charge is -2.43. The predicted octanol–water partition coefficient (Wildman–Crippen LogP) is 1.89. The Morgan fingerprint density at radius 1 is 1.19 bits per heavy atom. The Morgan fingerprint density at radius 3 is 2.62 bits per heavy atom. The fourth-order valence-corrected chi connectivity index (χ4v) is 5.04. The van der Waals surface area contributed by atoms with Crippen LogP contribution in [0.2, 0.25) is 0 Å². The number of piperidine rings is 1. The van der Waals surface area contributed by atoms with E-state index in [4.69, 9.17) is 5.73 Å². The number of primary amides is 1. The topological polar surface area (TPSA) is 140 Å². The first kappa shape index (κ1) is 20.3. The minimum absolute atomic E-state index is 0.127. The molecule has 166 valence electrons. The molecule has 4 heterocycles. The summed E-state index contributed by atoms with van der Waals surface area (Å²) in [5.41, 5.74) is 7.87. The lowest BCUT2D eigenvalue weighted by molar-refractivity contribution is 0.0517. The van der Waals surface area contributed by atoms with Crippen LogP contribution in [0.3, 0.4) is 0 Å². The lowest BCUT2D eigenvalue weighted by Crippen LogP contribution is -2.46. The van der Waals surface area contributed by atoms with Gasteiger partial charge in [-0.25, -0.2) is 4.98 Å². The van der Waals surface area contributed by atoms with Gasteiger partial charge in [0.15, 0.2) is 11.4 Å². The Morgan fingerprint density at radius 2 is 1.94 bits per heavy atom. The molecular formula is C22H25N7O3. The van der Waals surface area contributed by atoms with Crippen LogP contribution in [0.5, 0.6) is 0 Å². The summed E-state index contributed by atoms with van der Waals surface area (Å²) >= 11 is 0. The zero-order valence-corrected chi connectivity index (χ0v) is 18.1. The number of nitrogens with one attached hydrogen (secondary N) is 1. The van der Waals surface area contributed by atoms with Crippen LogP contribution in [0.4, 0.5) is 0 Å². The summed E-state index contributed by atoms with van der Waals surface area (Å²) in [7, 11) is 0. The molecule has 0 unspecified atom stereocenters. The third-order valence-corrected chi connectivity index (χ3v) is 6.74. The lowest BCUT2D eigenvalue weighted by atomic mass is 9.67. The van der Waals surface area contributed by atoms with Gasteiger partial charge in [-0.05, 0) is 44.6 Å². The number of hydrogen-bond donors (Lipinski definition) is 2. The Kier molecular flexibility index (Phi) is 4.61. The second-order valence-corrected chi connectivity index (χ2v) is 9.18. The van der Waals surface area contributed by atoms with Crippen LogP contribution in [0.25, 0.3) is 11.0 Å². The number of aromatic nitrogens is 5. The fourth-order valence-electron chi connectivity index (χ4n) is 5.04. The SMILES string of the molecule is CC(C)n1ncc2c1C(=O)CC1(CCN(C(=O)c3cnc4n[nH]c(C(N)=O)c4c3)CC1)C2. The Labute approximate surface area is 184 Å². The van der Waals surface area contributed by atoms with E-state index in [1.54, 1.807) is 11.0 Å². The van der Waals surface area contributed by atoms with Crippen LogP contribution < -0.4 is 5.73 Å². The van der Waals surface area contributed by atoms with Crippen molar-refractivity contribution < 1.29 is 14.4 Å². The quantitative estimate of drug-likeness (QED) is 0.644. The molecule has 2 aliphatic rings. The van der Waals surface area contributed by atoms with E-state index in [2.05, 4.69) is 20.3 Å². The van der Waals surface area contributed by atoms with Gasteiger partial charge in [0.05, 0.1) is 17.1 Å². The van der Waals surface area contributed by atoms with Gasteiger partial charge in [0.2, 0.25) is 0 Å². The molecule has 0 atom stereocenters. The second-order valence-electron chi connectivity index (χ2n) is 9.18. The van der Waals surface area contributed by atoms with E-state index in [1.165, 1.54) is 6.20 Å². The highest BCUT2D eigenvalue weighted by Crippen LogP contribution is 2.44. The number of nitrogens with two attached hydrogens (primary N) is 1. The molecule has 1 aliphatic carbocycles. The number of fused-ring (bicyclic) bond motifs is 2.